The molecule has 1 unspecified atom stereocenters. The van der Waals surface area contributed by atoms with Crippen molar-refractivity contribution in [2.75, 3.05) is 21.2 Å². The Bertz CT molecular complexity index is 489. The van der Waals surface area contributed by atoms with Crippen LogP contribution < -0.4 is 0 Å². The normalized spacial score (nSPS) is 20.7. The van der Waals surface area contributed by atoms with Gasteiger partial charge in [0.05, 0.1) is 13.2 Å². The van der Waals surface area contributed by atoms with E-state index in [2.05, 4.69) is 36.4 Å². The number of hydrazine groups is 1. The largest absolute Gasteiger partial charge is 0.286 e. The van der Waals surface area contributed by atoms with Crippen molar-refractivity contribution in [3.05, 3.63) is 65.8 Å². The minimum absolute atomic E-state index is 0.0882. The van der Waals surface area contributed by atoms with E-state index in [0.717, 1.165) is 0 Å². The molecule has 2 rings (SSSR count). The zero-order chi connectivity index (χ0) is 13.7. The molecule has 0 radical (unpaired) electrons. The molecule has 0 amide bonds. The van der Waals surface area contributed by atoms with Crippen molar-refractivity contribution < 1.29 is 4.84 Å². The SMILES string of the molecule is CON(C1C=CC=CC1=Cc1ccccc1)N(C)C. The lowest BCUT2D eigenvalue weighted by molar-refractivity contribution is -0.258. The van der Waals surface area contributed by atoms with Gasteiger partial charge in [-0.1, -0.05) is 54.6 Å². The van der Waals surface area contributed by atoms with Crippen molar-refractivity contribution >= 4 is 6.08 Å². The van der Waals surface area contributed by atoms with Gasteiger partial charge in [0.25, 0.3) is 0 Å². The molecule has 1 aliphatic carbocycles. The maximum Gasteiger partial charge on any atom is 0.0948 e. The Labute approximate surface area is 115 Å². The molecule has 0 heterocycles. The van der Waals surface area contributed by atoms with Gasteiger partial charge >= 0.3 is 0 Å². The Morgan fingerprint density at radius 2 is 1.84 bits per heavy atom. The van der Waals surface area contributed by atoms with Crippen LogP contribution >= 0.6 is 0 Å². The summed E-state index contributed by atoms with van der Waals surface area (Å²) < 4.78 is 0. The summed E-state index contributed by atoms with van der Waals surface area (Å²) in [5.74, 6) is 0. The van der Waals surface area contributed by atoms with Crippen molar-refractivity contribution in [1.29, 1.82) is 0 Å². The fraction of sp³-hybridized carbons (Fsp3) is 0.250. The highest BCUT2D eigenvalue weighted by atomic mass is 16.7. The Hall–Kier alpha value is -1.68. The molecule has 3 heteroatoms. The van der Waals surface area contributed by atoms with E-state index in [0.29, 0.717) is 0 Å². The predicted octanol–water partition coefficient (Wildman–Crippen LogP) is 2.90. The van der Waals surface area contributed by atoms with Crippen LogP contribution in [0.5, 0.6) is 0 Å². The van der Waals surface area contributed by atoms with Crippen molar-refractivity contribution in [3.8, 4) is 0 Å². The monoisotopic (exact) mass is 256 g/mol. The van der Waals surface area contributed by atoms with Crippen LogP contribution in [0, 0.1) is 0 Å². The van der Waals surface area contributed by atoms with Crippen molar-refractivity contribution in [2.45, 2.75) is 6.04 Å². The average molecular weight is 256 g/mol. The highest BCUT2D eigenvalue weighted by Gasteiger charge is 2.22. The molecular formula is C16H20N2O. The minimum Gasteiger partial charge on any atom is -0.286 e. The molecule has 100 valence electrons. The third kappa shape index (κ3) is 3.41. The van der Waals surface area contributed by atoms with Crippen LogP contribution in [0.3, 0.4) is 0 Å². The summed E-state index contributed by atoms with van der Waals surface area (Å²) in [6, 6.07) is 10.4. The second kappa shape index (κ2) is 6.48. The second-order valence-electron chi connectivity index (χ2n) is 4.58. The predicted molar refractivity (Wildman–Crippen MR) is 79.0 cm³/mol. The number of hydrogen-bond acceptors (Lipinski definition) is 3. The summed E-state index contributed by atoms with van der Waals surface area (Å²) >= 11 is 0. The van der Waals surface area contributed by atoms with Crippen molar-refractivity contribution in [2.24, 2.45) is 0 Å². The highest BCUT2D eigenvalue weighted by Crippen LogP contribution is 2.21. The molecule has 0 fully saturated rings. The number of hydroxylamine groups is 1. The highest BCUT2D eigenvalue weighted by molar-refractivity contribution is 5.59. The van der Waals surface area contributed by atoms with Gasteiger partial charge in [-0.05, 0) is 17.2 Å². The fourth-order valence-corrected chi connectivity index (χ4v) is 2.15. The van der Waals surface area contributed by atoms with Gasteiger partial charge in [0.2, 0.25) is 0 Å². The van der Waals surface area contributed by atoms with E-state index in [9.17, 15) is 0 Å². The molecule has 0 saturated carbocycles. The van der Waals surface area contributed by atoms with Crippen LogP contribution in [0.25, 0.3) is 6.08 Å². The zero-order valence-electron chi connectivity index (χ0n) is 11.7. The van der Waals surface area contributed by atoms with Gasteiger partial charge in [-0.25, -0.2) is 5.01 Å². The van der Waals surface area contributed by atoms with E-state index in [1.54, 1.807) is 7.11 Å². The Morgan fingerprint density at radius 1 is 1.11 bits per heavy atom. The molecule has 19 heavy (non-hydrogen) atoms. The first-order chi connectivity index (χ1) is 9.22. The molecule has 0 spiro atoms. The molecular weight excluding hydrogens is 236 g/mol. The van der Waals surface area contributed by atoms with Gasteiger partial charge in [-0.3, -0.25) is 4.84 Å². The third-order valence-corrected chi connectivity index (χ3v) is 2.99. The Kier molecular flexibility index (Phi) is 4.68. The van der Waals surface area contributed by atoms with Crippen molar-refractivity contribution in [1.82, 2.24) is 10.2 Å². The standard InChI is InChI=1S/C16H20N2O/c1-17(2)18(19-3)16-12-8-7-11-15(16)13-14-9-5-4-6-10-14/h4-13,16H,1-3H3. The molecule has 0 bridgehead atoms. The topological polar surface area (TPSA) is 15.7 Å². The number of hydrogen-bond donors (Lipinski definition) is 0. The lowest BCUT2D eigenvalue weighted by Crippen LogP contribution is -2.44. The first-order valence-corrected chi connectivity index (χ1v) is 6.34. The van der Waals surface area contributed by atoms with Crippen LogP contribution in [0.15, 0.2) is 60.2 Å². The van der Waals surface area contributed by atoms with E-state index >= 15 is 0 Å². The summed E-state index contributed by atoms with van der Waals surface area (Å²) in [6.45, 7) is 0. The van der Waals surface area contributed by atoms with Gasteiger partial charge in [-0.2, -0.15) is 0 Å². The van der Waals surface area contributed by atoms with Gasteiger partial charge in [-0.15, -0.1) is 5.17 Å². The maximum absolute atomic E-state index is 5.45. The first kappa shape index (κ1) is 13.7. The maximum atomic E-state index is 5.45. The van der Waals surface area contributed by atoms with E-state index < -0.39 is 0 Å². The minimum atomic E-state index is 0.0882. The fourth-order valence-electron chi connectivity index (χ4n) is 2.15. The van der Waals surface area contributed by atoms with Crippen LogP contribution in [0.4, 0.5) is 0 Å². The van der Waals surface area contributed by atoms with E-state index in [4.69, 9.17) is 4.84 Å². The molecule has 0 aromatic heterocycles. The molecule has 0 saturated heterocycles. The van der Waals surface area contributed by atoms with Gasteiger partial charge in [0, 0.05) is 14.1 Å². The molecule has 1 aliphatic rings. The van der Waals surface area contributed by atoms with Crippen molar-refractivity contribution in [3.63, 3.8) is 0 Å². The Morgan fingerprint density at radius 3 is 2.47 bits per heavy atom. The average Bonchev–Trinajstić information content (AvgIpc) is 2.42. The lowest BCUT2D eigenvalue weighted by Gasteiger charge is -2.33. The third-order valence-electron chi connectivity index (χ3n) is 2.99. The van der Waals surface area contributed by atoms with Crippen LogP contribution in [-0.2, 0) is 4.84 Å². The first-order valence-electron chi connectivity index (χ1n) is 6.34. The molecule has 1 aromatic carbocycles. The quantitative estimate of drug-likeness (QED) is 0.770. The van der Waals surface area contributed by atoms with Crippen LogP contribution in [-0.4, -0.2) is 37.4 Å². The summed E-state index contributed by atoms with van der Waals surface area (Å²) in [5, 5.41) is 3.78. The van der Waals surface area contributed by atoms with E-state index in [1.807, 2.05) is 48.6 Å². The Balaban J connectivity index is 2.29. The van der Waals surface area contributed by atoms with Gasteiger partial charge < -0.3 is 0 Å². The summed E-state index contributed by atoms with van der Waals surface area (Å²) in [6.07, 6.45) is 10.5. The molecule has 0 N–H and O–H groups in total. The second-order valence-corrected chi connectivity index (χ2v) is 4.58. The molecule has 0 aliphatic heterocycles. The van der Waals surface area contributed by atoms with Gasteiger partial charge in [0.1, 0.15) is 0 Å². The summed E-state index contributed by atoms with van der Waals surface area (Å²) in [7, 11) is 5.62. The van der Waals surface area contributed by atoms with E-state index in [1.165, 1.54) is 11.1 Å². The number of benzene rings is 1. The van der Waals surface area contributed by atoms with Gasteiger partial charge in [0.15, 0.2) is 0 Å². The number of allylic oxidation sites excluding steroid dienone is 2. The number of nitrogens with zero attached hydrogens (tertiary/aromatic N) is 2. The van der Waals surface area contributed by atoms with E-state index in [-0.39, 0.29) is 6.04 Å². The molecule has 1 atom stereocenters. The van der Waals surface area contributed by atoms with Crippen LogP contribution in [0.1, 0.15) is 5.56 Å². The number of rotatable bonds is 4. The van der Waals surface area contributed by atoms with Crippen LogP contribution in [0.2, 0.25) is 0 Å². The molecule has 1 aromatic rings. The summed E-state index contributed by atoms with van der Waals surface area (Å²) in [5.41, 5.74) is 2.39. The smallest absolute Gasteiger partial charge is 0.0948 e. The zero-order valence-corrected chi connectivity index (χ0v) is 11.7. The molecule has 3 nitrogen and oxygen atoms in total. The lowest BCUT2D eigenvalue weighted by atomic mass is 9.99. The summed E-state index contributed by atoms with van der Waals surface area (Å²) in [4.78, 5) is 5.45.